The maximum Gasteiger partial charge on any atom is 0.338 e. The van der Waals surface area contributed by atoms with Crippen LogP contribution in [-0.2, 0) is 23.0 Å². The van der Waals surface area contributed by atoms with Crippen molar-refractivity contribution in [2.24, 2.45) is 7.05 Å². The summed E-state index contributed by atoms with van der Waals surface area (Å²) in [5.74, 6) is -0.138. The van der Waals surface area contributed by atoms with Crippen molar-refractivity contribution in [3.05, 3.63) is 35.7 Å². The number of ether oxygens (including phenoxy) is 1. The van der Waals surface area contributed by atoms with Crippen LogP contribution >= 0.6 is 0 Å². The Balaban J connectivity index is 1.92. The Hall–Kier alpha value is -2.77. The van der Waals surface area contributed by atoms with Crippen molar-refractivity contribution in [1.29, 1.82) is 0 Å². The molecule has 1 N–H and O–H groups in total. The van der Waals surface area contributed by atoms with Crippen molar-refractivity contribution in [3.63, 3.8) is 0 Å². The number of tetrazole rings is 1. The smallest absolute Gasteiger partial charge is 0.338 e. The average Bonchev–Trinajstić information content (AvgIpc) is 2.90. The topological polar surface area (TPSA) is 99.0 Å². The SMILES string of the molecule is CCCOC(=O)c1ccc(NC(=O)Cc2nnnn2C)cc1. The van der Waals surface area contributed by atoms with Gasteiger partial charge in [0.05, 0.1) is 18.6 Å². The molecule has 0 bridgehead atoms. The summed E-state index contributed by atoms with van der Waals surface area (Å²) in [6.07, 6.45) is 0.848. The summed E-state index contributed by atoms with van der Waals surface area (Å²) in [4.78, 5) is 23.5. The summed E-state index contributed by atoms with van der Waals surface area (Å²) in [5, 5.41) is 13.6. The van der Waals surface area contributed by atoms with E-state index < -0.39 is 0 Å². The first-order chi connectivity index (χ1) is 10.6. The zero-order valence-electron chi connectivity index (χ0n) is 12.4. The van der Waals surface area contributed by atoms with Crippen LogP contribution in [0.15, 0.2) is 24.3 Å². The van der Waals surface area contributed by atoms with Crippen LogP contribution in [0.25, 0.3) is 0 Å². The van der Waals surface area contributed by atoms with Crippen molar-refractivity contribution >= 4 is 17.6 Å². The lowest BCUT2D eigenvalue weighted by Gasteiger charge is -2.06. The van der Waals surface area contributed by atoms with Crippen LogP contribution in [0.5, 0.6) is 0 Å². The van der Waals surface area contributed by atoms with E-state index in [1.54, 1.807) is 31.3 Å². The van der Waals surface area contributed by atoms with Crippen LogP contribution in [0, 0.1) is 0 Å². The van der Waals surface area contributed by atoms with Gasteiger partial charge in [0, 0.05) is 12.7 Å². The maximum atomic E-state index is 11.9. The first-order valence-electron chi connectivity index (χ1n) is 6.88. The van der Waals surface area contributed by atoms with Gasteiger partial charge in [0.15, 0.2) is 5.82 Å². The normalized spacial score (nSPS) is 10.3. The fourth-order valence-corrected chi connectivity index (χ4v) is 1.71. The molecular weight excluding hydrogens is 286 g/mol. The number of aromatic nitrogens is 4. The number of hydrogen-bond donors (Lipinski definition) is 1. The minimum absolute atomic E-state index is 0.0732. The molecule has 0 radical (unpaired) electrons. The van der Waals surface area contributed by atoms with Crippen molar-refractivity contribution in [1.82, 2.24) is 20.2 Å². The standard InChI is InChI=1S/C14H17N5O3/c1-3-8-22-14(21)10-4-6-11(7-5-10)15-13(20)9-12-16-17-18-19(12)2/h4-7H,3,8-9H2,1-2H3,(H,15,20). The summed E-state index contributed by atoms with van der Waals surface area (Å²) in [6.45, 7) is 2.32. The number of benzene rings is 1. The molecule has 0 saturated carbocycles. The van der Waals surface area contributed by atoms with Crippen LogP contribution in [0.1, 0.15) is 29.5 Å². The summed E-state index contributed by atoms with van der Waals surface area (Å²) in [5.41, 5.74) is 1.04. The third kappa shape index (κ3) is 4.11. The number of anilines is 1. The molecule has 0 unspecified atom stereocenters. The third-order valence-electron chi connectivity index (χ3n) is 2.87. The lowest BCUT2D eigenvalue weighted by Crippen LogP contribution is -2.17. The molecule has 0 saturated heterocycles. The predicted molar refractivity (Wildman–Crippen MR) is 78.1 cm³/mol. The van der Waals surface area contributed by atoms with Gasteiger partial charge in [-0.2, -0.15) is 0 Å². The van der Waals surface area contributed by atoms with Crippen LogP contribution in [0.2, 0.25) is 0 Å². The fourth-order valence-electron chi connectivity index (χ4n) is 1.71. The molecule has 0 aliphatic rings. The van der Waals surface area contributed by atoms with Gasteiger partial charge in [0.1, 0.15) is 0 Å². The number of nitrogens with one attached hydrogen (secondary N) is 1. The molecule has 0 spiro atoms. The van der Waals surface area contributed by atoms with Gasteiger partial charge in [0.2, 0.25) is 5.91 Å². The minimum Gasteiger partial charge on any atom is -0.462 e. The van der Waals surface area contributed by atoms with Gasteiger partial charge in [-0.1, -0.05) is 6.92 Å². The Kier molecular flexibility index (Phi) is 5.18. The van der Waals surface area contributed by atoms with Gasteiger partial charge in [-0.3, -0.25) is 4.79 Å². The molecule has 2 rings (SSSR count). The fraction of sp³-hybridized carbons (Fsp3) is 0.357. The van der Waals surface area contributed by atoms with E-state index >= 15 is 0 Å². The number of hydrogen-bond acceptors (Lipinski definition) is 6. The largest absolute Gasteiger partial charge is 0.462 e. The molecule has 116 valence electrons. The van der Waals surface area contributed by atoms with E-state index in [0.29, 0.717) is 23.7 Å². The average molecular weight is 303 g/mol. The highest BCUT2D eigenvalue weighted by atomic mass is 16.5. The number of esters is 1. The van der Waals surface area contributed by atoms with Crippen molar-refractivity contribution in [2.75, 3.05) is 11.9 Å². The number of carbonyl (C=O) groups excluding carboxylic acids is 2. The molecule has 8 nitrogen and oxygen atoms in total. The number of aryl methyl sites for hydroxylation is 1. The highest BCUT2D eigenvalue weighted by Gasteiger charge is 2.10. The Labute approximate surface area is 127 Å². The number of carbonyl (C=O) groups is 2. The third-order valence-corrected chi connectivity index (χ3v) is 2.87. The highest BCUT2D eigenvalue weighted by molar-refractivity contribution is 5.93. The first kappa shape index (κ1) is 15.6. The Morgan fingerprint density at radius 3 is 2.59 bits per heavy atom. The highest BCUT2D eigenvalue weighted by Crippen LogP contribution is 2.11. The second kappa shape index (κ2) is 7.30. The second-order valence-corrected chi connectivity index (χ2v) is 4.66. The monoisotopic (exact) mass is 303 g/mol. The summed E-state index contributed by atoms with van der Waals surface area (Å²) >= 11 is 0. The first-order valence-corrected chi connectivity index (χ1v) is 6.88. The number of amides is 1. The van der Waals surface area contributed by atoms with Gasteiger partial charge in [-0.15, -0.1) is 5.10 Å². The quantitative estimate of drug-likeness (QED) is 0.798. The summed E-state index contributed by atoms with van der Waals surface area (Å²) in [6, 6.07) is 6.51. The van der Waals surface area contributed by atoms with E-state index in [2.05, 4.69) is 20.8 Å². The Morgan fingerprint density at radius 1 is 1.27 bits per heavy atom. The molecular formula is C14H17N5O3. The summed E-state index contributed by atoms with van der Waals surface area (Å²) in [7, 11) is 1.67. The maximum absolute atomic E-state index is 11.9. The second-order valence-electron chi connectivity index (χ2n) is 4.66. The van der Waals surface area contributed by atoms with E-state index in [9.17, 15) is 9.59 Å². The number of rotatable bonds is 6. The van der Waals surface area contributed by atoms with E-state index in [-0.39, 0.29) is 18.3 Å². The zero-order chi connectivity index (χ0) is 15.9. The van der Waals surface area contributed by atoms with Crippen LogP contribution in [0.4, 0.5) is 5.69 Å². The predicted octanol–water partition coefficient (Wildman–Crippen LogP) is 0.958. The van der Waals surface area contributed by atoms with Gasteiger partial charge >= 0.3 is 5.97 Å². The Morgan fingerprint density at radius 2 is 2.00 bits per heavy atom. The van der Waals surface area contributed by atoms with Crippen molar-refractivity contribution in [2.45, 2.75) is 19.8 Å². The minimum atomic E-state index is -0.370. The molecule has 1 heterocycles. The molecule has 22 heavy (non-hydrogen) atoms. The number of nitrogens with zero attached hydrogens (tertiary/aromatic N) is 4. The van der Waals surface area contributed by atoms with Gasteiger partial charge in [0.25, 0.3) is 0 Å². The lowest BCUT2D eigenvalue weighted by molar-refractivity contribution is -0.115. The van der Waals surface area contributed by atoms with Crippen molar-refractivity contribution < 1.29 is 14.3 Å². The molecule has 0 atom stereocenters. The van der Waals surface area contributed by atoms with Crippen LogP contribution in [0.3, 0.4) is 0 Å². The van der Waals surface area contributed by atoms with Gasteiger partial charge < -0.3 is 10.1 Å². The molecule has 1 aromatic carbocycles. The molecule has 2 aromatic rings. The van der Waals surface area contributed by atoms with E-state index in [0.717, 1.165) is 6.42 Å². The van der Waals surface area contributed by atoms with E-state index in [4.69, 9.17) is 4.74 Å². The molecule has 1 aromatic heterocycles. The molecule has 1 amide bonds. The molecule has 0 aliphatic heterocycles. The van der Waals surface area contributed by atoms with Gasteiger partial charge in [-0.05, 0) is 41.1 Å². The molecule has 0 fully saturated rings. The summed E-state index contributed by atoms with van der Waals surface area (Å²) < 4.78 is 6.47. The van der Waals surface area contributed by atoms with Crippen molar-refractivity contribution in [3.8, 4) is 0 Å². The van der Waals surface area contributed by atoms with Crippen LogP contribution in [-0.4, -0.2) is 38.7 Å². The van der Waals surface area contributed by atoms with Gasteiger partial charge in [-0.25, -0.2) is 9.48 Å². The molecule has 8 heteroatoms. The van der Waals surface area contributed by atoms with E-state index in [1.807, 2.05) is 6.92 Å². The lowest BCUT2D eigenvalue weighted by atomic mass is 10.2. The zero-order valence-corrected chi connectivity index (χ0v) is 12.4. The molecule has 0 aliphatic carbocycles. The van der Waals surface area contributed by atoms with Crippen LogP contribution < -0.4 is 5.32 Å². The Bertz CT molecular complexity index is 651. The van der Waals surface area contributed by atoms with E-state index in [1.165, 1.54) is 4.68 Å².